The molecule has 36 valence electrons. The second-order valence-corrected chi connectivity index (χ2v) is 2.19. The highest BCUT2D eigenvalue weighted by Crippen LogP contribution is 2.19. The molecule has 1 heterocycles. The summed E-state index contributed by atoms with van der Waals surface area (Å²) in [6.45, 7) is 3.60. The quantitative estimate of drug-likeness (QED) is 0.506. The molecule has 0 aromatic carbocycles. The maximum atomic E-state index is 7.06. The molecule has 0 fully saturated rings. The molecule has 7 heavy (non-hydrogen) atoms. The first-order valence-corrected chi connectivity index (χ1v) is 2.80. The second-order valence-electron chi connectivity index (χ2n) is 1.27. The minimum atomic E-state index is 0.569. The van der Waals surface area contributed by atoms with Crippen LogP contribution in [0.5, 0.6) is 0 Å². The standard InChI is InChI=1S/C5H5NS/c1-4-2-3-7-5(4)6/h2-3,6H,1H2. The van der Waals surface area contributed by atoms with Gasteiger partial charge in [0.25, 0.3) is 0 Å². The average Bonchev–Trinajstić information content (AvgIpc) is 1.91. The van der Waals surface area contributed by atoms with Crippen LogP contribution in [0.1, 0.15) is 0 Å². The lowest BCUT2D eigenvalue weighted by molar-refractivity contribution is 1.55. The molecule has 1 N–H and O–H groups in total. The lowest BCUT2D eigenvalue weighted by atomic mass is 10.3. The summed E-state index contributed by atoms with van der Waals surface area (Å²) in [5.41, 5.74) is 0.824. The Hall–Kier alpha value is -0.500. The molecule has 0 radical (unpaired) electrons. The monoisotopic (exact) mass is 111 g/mol. The first-order valence-electron chi connectivity index (χ1n) is 1.92. The van der Waals surface area contributed by atoms with Gasteiger partial charge in [0.2, 0.25) is 0 Å². The molecule has 1 aliphatic rings. The van der Waals surface area contributed by atoms with Crippen LogP contribution in [0.2, 0.25) is 0 Å². The van der Waals surface area contributed by atoms with E-state index in [4.69, 9.17) is 5.41 Å². The molecular weight excluding hydrogens is 106 g/mol. The Morgan fingerprint density at radius 3 is 2.57 bits per heavy atom. The van der Waals surface area contributed by atoms with E-state index in [0.29, 0.717) is 5.04 Å². The highest BCUT2D eigenvalue weighted by Gasteiger charge is 2.02. The summed E-state index contributed by atoms with van der Waals surface area (Å²) in [5.74, 6) is 0. The number of thioether (sulfide) groups is 1. The molecule has 2 heteroatoms. The zero-order valence-corrected chi connectivity index (χ0v) is 4.59. The summed E-state index contributed by atoms with van der Waals surface area (Å²) in [6.07, 6.45) is 1.84. The molecule has 0 spiro atoms. The van der Waals surface area contributed by atoms with E-state index in [1.54, 1.807) is 0 Å². The molecule has 0 saturated carbocycles. The van der Waals surface area contributed by atoms with Crippen molar-refractivity contribution in [1.29, 1.82) is 5.41 Å². The van der Waals surface area contributed by atoms with Crippen molar-refractivity contribution in [2.24, 2.45) is 0 Å². The van der Waals surface area contributed by atoms with Crippen molar-refractivity contribution in [3.05, 3.63) is 23.6 Å². The molecule has 1 nitrogen and oxygen atoms in total. The van der Waals surface area contributed by atoms with Crippen LogP contribution in [-0.2, 0) is 0 Å². The SMILES string of the molecule is C=C1C=CSC1=N. The summed E-state index contributed by atoms with van der Waals surface area (Å²) < 4.78 is 0. The number of nitrogens with one attached hydrogen (secondary N) is 1. The zero-order valence-electron chi connectivity index (χ0n) is 3.77. The lowest BCUT2D eigenvalue weighted by Crippen LogP contribution is -1.80. The van der Waals surface area contributed by atoms with E-state index in [2.05, 4.69) is 6.58 Å². The van der Waals surface area contributed by atoms with E-state index in [1.807, 2.05) is 11.5 Å². The van der Waals surface area contributed by atoms with E-state index in [9.17, 15) is 0 Å². The van der Waals surface area contributed by atoms with Crippen LogP contribution in [-0.4, -0.2) is 5.04 Å². The van der Waals surface area contributed by atoms with E-state index in [0.717, 1.165) is 5.57 Å². The lowest BCUT2D eigenvalue weighted by Gasteiger charge is -1.84. The van der Waals surface area contributed by atoms with Gasteiger partial charge in [0.05, 0.1) is 5.04 Å². The molecule has 0 amide bonds. The van der Waals surface area contributed by atoms with Crippen LogP contribution in [0.3, 0.4) is 0 Å². The Kier molecular flexibility index (Phi) is 1.02. The van der Waals surface area contributed by atoms with Crippen molar-refractivity contribution in [1.82, 2.24) is 0 Å². The number of allylic oxidation sites excluding steroid dienone is 1. The van der Waals surface area contributed by atoms with Crippen molar-refractivity contribution < 1.29 is 0 Å². The minimum absolute atomic E-state index is 0.569. The number of hydrogen-bond donors (Lipinski definition) is 1. The van der Waals surface area contributed by atoms with Gasteiger partial charge in [-0.2, -0.15) is 0 Å². The topological polar surface area (TPSA) is 23.9 Å². The molecule has 0 atom stereocenters. The van der Waals surface area contributed by atoms with Crippen molar-refractivity contribution in [2.45, 2.75) is 0 Å². The minimum Gasteiger partial charge on any atom is -0.293 e. The van der Waals surface area contributed by atoms with Crippen molar-refractivity contribution in [3.8, 4) is 0 Å². The predicted molar refractivity (Wildman–Crippen MR) is 33.6 cm³/mol. The zero-order chi connectivity index (χ0) is 5.28. The maximum Gasteiger partial charge on any atom is 0.0978 e. The number of rotatable bonds is 0. The van der Waals surface area contributed by atoms with Crippen LogP contribution in [0.15, 0.2) is 23.6 Å². The Labute approximate surface area is 46.6 Å². The fraction of sp³-hybridized carbons (Fsp3) is 0. The third-order valence-electron chi connectivity index (χ3n) is 0.747. The smallest absolute Gasteiger partial charge is 0.0978 e. The molecule has 0 bridgehead atoms. The largest absolute Gasteiger partial charge is 0.293 e. The third kappa shape index (κ3) is 0.747. The Balaban J connectivity index is 2.81. The molecular formula is C5H5NS. The van der Waals surface area contributed by atoms with Gasteiger partial charge in [-0.25, -0.2) is 0 Å². The summed E-state index contributed by atoms with van der Waals surface area (Å²) in [7, 11) is 0. The highest BCUT2D eigenvalue weighted by atomic mass is 32.2. The van der Waals surface area contributed by atoms with Crippen LogP contribution in [0, 0.1) is 5.41 Å². The van der Waals surface area contributed by atoms with E-state index in [-0.39, 0.29) is 0 Å². The Morgan fingerprint density at radius 1 is 1.71 bits per heavy atom. The summed E-state index contributed by atoms with van der Waals surface area (Å²) in [4.78, 5) is 0. The van der Waals surface area contributed by atoms with E-state index < -0.39 is 0 Å². The van der Waals surface area contributed by atoms with Crippen LogP contribution in [0.4, 0.5) is 0 Å². The van der Waals surface area contributed by atoms with Gasteiger partial charge in [-0.15, -0.1) is 0 Å². The summed E-state index contributed by atoms with van der Waals surface area (Å²) in [6, 6.07) is 0. The van der Waals surface area contributed by atoms with Crippen molar-refractivity contribution >= 4 is 16.8 Å². The first kappa shape index (κ1) is 4.65. The number of hydrogen-bond acceptors (Lipinski definition) is 2. The summed E-state index contributed by atoms with van der Waals surface area (Å²) >= 11 is 1.41. The summed E-state index contributed by atoms with van der Waals surface area (Å²) in [5, 5.41) is 9.49. The third-order valence-corrected chi connectivity index (χ3v) is 1.52. The second kappa shape index (κ2) is 1.54. The Morgan fingerprint density at radius 2 is 2.43 bits per heavy atom. The van der Waals surface area contributed by atoms with Gasteiger partial charge in [0.15, 0.2) is 0 Å². The van der Waals surface area contributed by atoms with E-state index >= 15 is 0 Å². The normalized spacial score (nSPS) is 18.9. The molecule has 0 aromatic heterocycles. The van der Waals surface area contributed by atoms with Crippen molar-refractivity contribution in [2.75, 3.05) is 0 Å². The van der Waals surface area contributed by atoms with Gasteiger partial charge in [0.1, 0.15) is 0 Å². The van der Waals surface area contributed by atoms with Gasteiger partial charge in [-0.3, -0.25) is 5.41 Å². The first-order chi connectivity index (χ1) is 3.30. The molecule has 0 aromatic rings. The van der Waals surface area contributed by atoms with Crippen LogP contribution < -0.4 is 0 Å². The highest BCUT2D eigenvalue weighted by molar-refractivity contribution is 8.17. The van der Waals surface area contributed by atoms with Gasteiger partial charge in [-0.05, 0) is 17.1 Å². The fourth-order valence-electron chi connectivity index (χ4n) is 0.336. The fourth-order valence-corrected chi connectivity index (χ4v) is 0.923. The van der Waals surface area contributed by atoms with Gasteiger partial charge in [-0.1, -0.05) is 18.3 Å². The van der Waals surface area contributed by atoms with Crippen LogP contribution >= 0.6 is 11.8 Å². The predicted octanol–water partition coefficient (Wildman–Crippen LogP) is 1.78. The van der Waals surface area contributed by atoms with E-state index in [1.165, 1.54) is 11.8 Å². The molecule has 1 aliphatic heterocycles. The molecule has 1 rings (SSSR count). The van der Waals surface area contributed by atoms with Gasteiger partial charge in [0, 0.05) is 0 Å². The van der Waals surface area contributed by atoms with Gasteiger partial charge < -0.3 is 0 Å². The van der Waals surface area contributed by atoms with Crippen molar-refractivity contribution in [3.63, 3.8) is 0 Å². The average molecular weight is 111 g/mol. The van der Waals surface area contributed by atoms with Crippen LogP contribution in [0.25, 0.3) is 0 Å². The molecule has 0 unspecified atom stereocenters. The molecule has 0 saturated heterocycles. The van der Waals surface area contributed by atoms with Gasteiger partial charge >= 0.3 is 0 Å². The Bertz CT molecular complexity index is 146. The molecule has 0 aliphatic carbocycles. The maximum absolute atomic E-state index is 7.06.